The summed E-state index contributed by atoms with van der Waals surface area (Å²) in [5, 5.41) is 95.0. The van der Waals surface area contributed by atoms with Gasteiger partial charge in [0.1, 0.15) is 48.8 Å². The fourth-order valence-electron chi connectivity index (χ4n) is 2.08. The van der Waals surface area contributed by atoms with Crippen molar-refractivity contribution in [3.05, 3.63) is 23.8 Å². The fraction of sp³-hybridized carbons (Fsp3) is 0.714. The Morgan fingerprint density at radius 3 is 1.27 bits per heavy atom. The molecule has 0 saturated heterocycles. The standard InChI is InChI=1S/C14H24N2O10/c17-3-7(19)11(23)13(25)9(21)5-1-15-2-6(16-5)10(22)14(26)12(24)8(20)4-18/h1-2,7-14,17-26H,3-4H2/t7-,8-,9+,10+,11+,12+,13-,14-/m0/s1. The van der Waals surface area contributed by atoms with Gasteiger partial charge in [-0.1, -0.05) is 0 Å². The van der Waals surface area contributed by atoms with Gasteiger partial charge in [0.25, 0.3) is 0 Å². The second-order valence-corrected chi connectivity index (χ2v) is 5.72. The molecule has 12 nitrogen and oxygen atoms in total. The number of nitrogens with zero attached hydrogens (tertiary/aromatic N) is 2. The molecule has 0 aliphatic rings. The molecule has 10 N–H and O–H groups in total. The van der Waals surface area contributed by atoms with Crippen molar-refractivity contribution in [3.8, 4) is 0 Å². The average Bonchev–Trinajstić information content (AvgIpc) is 2.68. The van der Waals surface area contributed by atoms with Crippen LogP contribution in [0.1, 0.15) is 23.6 Å². The van der Waals surface area contributed by atoms with Crippen LogP contribution in [-0.4, -0.2) is 111 Å². The lowest BCUT2D eigenvalue weighted by Gasteiger charge is -2.27. The highest BCUT2D eigenvalue weighted by Gasteiger charge is 2.34. The van der Waals surface area contributed by atoms with E-state index in [0.29, 0.717) is 0 Å². The monoisotopic (exact) mass is 380 g/mol. The lowest BCUT2D eigenvalue weighted by Crippen LogP contribution is -2.43. The SMILES string of the molecule is OC[C@H](O)[C@@H](O)[C@@H](O)[C@H](O)c1cncc([C@@H](O)[C@H](O)[C@H](O)[C@@H](O)CO)n1. The van der Waals surface area contributed by atoms with Crippen molar-refractivity contribution in [1.82, 2.24) is 9.97 Å². The van der Waals surface area contributed by atoms with Gasteiger partial charge in [0, 0.05) is 0 Å². The van der Waals surface area contributed by atoms with Crippen LogP contribution in [-0.2, 0) is 0 Å². The van der Waals surface area contributed by atoms with Crippen LogP contribution in [0.3, 0.4) is 0 Å². The first-order valence-electron chi connectivity index (χ1n) is 7.63. The maximum Gasteiger partial charge on any atom is 0.126 e. The molecule has 1 aromatic rings. The molecule has 0 fully saturated rings. The van der Waals surface area contributed by atoms with E-state index in [0.717, 1.165) is 12.4 Å². The average molecular weight is 380 g/mol. The summed E-state index contributed by atoms with van der Waals surface area (Å²) >= 11 is 0. The quantitative estimate of drug-likeness (QED) is 0.183. The Morgan fingerprint density at radius 2 is 0.962 bits per heavy atom. The molecule has 150 valence electrons. The van der Waals surface area contributed by atoms with E-state index in [1.54, 1.807) is 0 Å². The third-order valence-electron chi connectivity index (χ3n) is 3.79. The molecule has 0 aliphatic carbocycles. The molecule has 0 unspecified atom stereocenters. The highest BCUT2D eigenvalue weighted by Crippen LogP contribution is 2.22. The van der Waals surface area contributed by atoms with Crippen LogP contribution in [0.2, 0.25) is 0 Å². The Kier molecular flexibility index (Phi) is 8.85. The van der Waals surface area contributed by atoms with Gasteiger partial charge in [0.05, 0.1) is 37.0 Å². The Morgan fingerprint density at radius 1 is 0.615 bits per heavy atom. The topological polar surface area (TPSA) is 228 Å². The van der Waals surface area contributed by atoms with Crippen molar-refractivity contribution in [1.29, 1.82) is 0 Å². The van der Waals surface area contributed by atoms with Gasteiger partial charge in [-0.2, -0.15) is 0 Å². The highest BCUT2D eigenvalue weighted by atomic mass is 16.4. The van der Waals surface area contributed by atoms with Gasteiger partial charge >= 0.3 is 0 Å². The largest absolute Gasteiger partial charge is 0.394 e. The molecule has 0 spiro atoms. The molecular formula is C14H24N2O10. The van der Waals surface area contributed by atoms with Gasteiger partial charge in [-0.25, -0.2) is 4.98 Å². The van der Waals surface area contributed by atoms with Crippen LogP contribution in [0.5, 0.6) is 0 Å². The van der Waals surface area contributed by atoms with Crippen LogP contribution < -0.4 is 0 Å². The van der Waals surface area contributed by atoms with Crippen molar-refractivity contribution >= 4 is 0 Å². The van der Waals surface area contributed by atoms with E-state index in [1.807, 2.05) is 0 Å². The molecule has 1 heterocycles. The molecule has 1 rings (SSSR count). The number of rotatable bonds is 10. The molecule has 1 aromatic heterocycles. The molecule has 0 bridgehead atoms. The van der Waals surface area contributed by atoms with Crippen molar-refractivity contribution in [2.24, 2.45) is 0 Å². The van der Waals surface area contributed by atoms with Crippen molar-refractivity contribution in [3.63, 3.8) is 0 Å². The molecule has 8 atom stereocenters. The van der Waals surface area contributed by atoms with Crippen molar-refractivity contribution < 1.29 is 51.1 Å². The van der Waals surface area contributed by atoms with E-state index in [9.17, 15) is 40.9 Å². The maximum atomic E-state index is 10.0. The molecule has 0 aliphatic heterocycles. The normalized spacial score (nSPS) is 21.3. The first-order valence-corrected chi connectivity index (χ1v) is 7.63. The summed E-state index contributed by atoms with van der Waals surface area (Å²) in [5.41, 5.74) is -0.690. The fourth-order valence-corrected chi connectivity index (χ4v) is 2.08. The molecule has 0 aromatic carbocycles. The molecule has 12 heteroatoms. The zero-order valence-corrected chi connectivity index (χ0v) is 13.6. The Labute approximate surface area is 147 Å². The minimum atomic E-state index is -1.95. The van der Waals surface area contributed by atoms with Gasteiger partial charge < -0.3 is 51.1 Å². The van der Waals surface area contributed by atoms with E-state index < -0.39 is 62.0 Å². The van der Waals surface area contributed by atoms with Crippen molar-refractivity contribution in [2.45, 2.75) is 48.8 Å². The summed E-state index contributed by atoms with van der Waals surface area (Å²) in [5.74, 6) is 0. The number of aliphatic hydroxyl groups excluding tert-OH is 10. The lowest BCUT2D eigenvalue weighted by atomic mass is 10.00. The zero-order valence-electron chi connectivity index (χ0n) is 13.6. The predicted octanol–water partition coefficient (Wildman–Crippen LogP) is -5.31. The van der Waals surface area contributed by atoms with Crippen LogP contribution in [0, 0.1) is 0 Å². The highest BCUT2D eigenvalue weighted by molar-refractivity contribution is 5.11. The van der Waals surface area contributed by atoms with Gasteiger partial charge in [0.2, 0.25) is 0 Å². The lowest BCUT2D eigenvalue weighted by molar-refractivity contribution is -0.119. The van der Waals surface area contributed by atoms with Crippen molar-refractivity contribution in [2.75, 3.05) is 13.2 Å². The molecule has 0 amide bonds. The Bertz CT molecular complexity index is 507. The van der Waals surface area contributed by atoms with E-state index >= 15 is 0 Å². The summed E-state index contributed by atoms with van der Waals surface area (Å²) in [6.07, 6.45) is -12.9. The van der Waals surface area contributed by atoms with E-state index in [-0.39, 0.29) is 11.4 Å². The van der Waals surface area contributed by atoms with E-state index in [4.69, 9.17) is 10.2 Å². The Hall–Kier alpha value is -1.32. The van der Waals surface area contributed by atoms with E-state index in [2.05, 4.69) is 9.97 Å². The second-order valence-electron chi connectivity index (χ2n) is 5.72. The van der Waals surface area contributed by atoms with E-state index in [1.165, 1.54) is 0 Å². The molecular weight excluding hydrogens is 356 g/mol. The first-order chi connectivity index (χ1) is 12.1. The summed E-state index contributed by atoms with van der Waals surface area (Å²) in [6.45, 7) is -1.74. The third-order valence-corrected chi connectivity index (χ3v) is 3.79. The predicted molar refractivity (Wildman–Crippen MR) is 82.2 cm³/mol. The van der Waals surface area contributed by atoms with Gasteiger partial charge in [-0.3, -0.25) is 4.98 Å². The van der Waals surface area contributed by atoms with Gasteiger partial charge in [-0.15, -0.1) is 0 Å². The molecule has 26 heavy (non-hydrogen) atoms. The van der Waals surface area contributed by atoms with Crippen LogP contribution in [0.15, 0.2) is 12.4 Å². The van der Waals surface area contributed by atoms with Gasteiger partial charge in [-0.05, 0) is 0 Å². The van der Waals surface area contributed by atoms with Crippen LogP contribution >= 0.6 is 0 Å². The number of hydrogen-bond donors (Lipinski definition) is 10. The summed E-state index contributed by atoms with van der Waals surface area (Å²) in [4.78, 5) is 7.41. The van der Waals surface area contributed by atoms with Crippen LogP contribution in [0.4, 0.5) is 0 Å². The Balaban J connectivity index is 2.96. The summed E-state index contributed by atoms with van der Waals surface area (Å²) < 4.78 is 0. The first kappa shape index (κ1) is 22.7. The molecule has 0 radical (unpaired) electrons. The molecule has 0 saturated carbocycles. The zero-order chi connectivity index (χ0) is 20.0. The minimum Gasteiger partial charge on any atom is -0.394 e. The number of aromatic nitrogens is 2. The van der Waals surface area contributed by atoms with Gasteiger partial charge in [0.15, 0.2) is 0 Å². The van der Waals surface area contributed by atoms with Crippen LogP contribution in [0.25, 0.3) is 0 Å². The number of aliphatic hydroxyl groups is 10. The smallest absolute Gasteiger partial charge is 0.126 e. The maximum absolute atomic E-state index is 10.0. The summed E-state index contributed by atoms with van der Waals surface area (Å²) in [7, 11) is 0. The third kappa shape index (κ3) is 5.34. The summed E-state index contributed by atoms with van der Waals surface area (Å²) in [6, 6.07) is 0. The minimum absolute atomic E-state index is 0.345. The second kappa shape index (κ2) is 10.1. The number of hydrogen-bond acceptors (Lipinski definition) is 12.